The molecule has 0 N–H and O–H groups in total. The third-order valence-electron chi connectivity index (χ3n) is 23.0. The number of ketones is 12. The van der Waals surface area contributed by atoms with Gasteiger partial charge in [0.2, 0.25) is 0 Å². The average Bonchev–Trinajstić information content (AvgIpc) is 1.60. The number of benzene rings is 16. The van der Waals surface area contributed by atoms with Crippen LogP contribution in [0.2, 0.25) is 0 Å². The van der Waals surface area contributed by atoms with Gasteiger partial charge in [0.05, 0.1) is 5.52 Å². The quantitative estimate of drug-likeness (QED) is 0.0978. The molecule has 14 nitrogen and oxygen atoms in total. The molecule has 18 aromatic rings. The Bertz CT molecular complexity index is 7410. The molecular formula is C121H96N2O12. The van der Waals surface area contributed by atoms with Crippen molar-refractivity contribution in [3.63, 3.8) is 0 Å². The molecule has 2 aromatic heterocycles. The Morgan fingerprint density at radius 1 is 0.230 bits per heavy atom. The molecule has 0 unspecified atom stereocenters. The summed E-state index contributed by atoms with van der Waals surface area (Å²) in [6.45, 7) is 14.0. The molecule has 0 aliphatic heterocycles. The first-order valence-corrected chi connectivity index (χ1v) is 44.1. The minimum absolute atomic E-state index is 0.00533. The van der Waals surface area contributed by atoms with Crippen molar-refractivity contribution in [1.82, 2.24) is 9.97 Å². The monoisotopic (exact) mass is 1770 g/mol. The van der Waals surface area contributed by atoms with Crippen molar-refractivity contribution in [3.8, 4) is 33.4 Å². The first-order chi connectivity index (χ1) is 65.2. The molecule has 21 rings (SSSR count). The lowest BCUT2D eigenvalue weighted by atomic mass is 9.97. The number of nitrogens with zero attached hydrogens (tertiary/aromatic N) is 2. The van der Waals surface area contributed by atoms with Crippen LogP contribution in [0, 0.1) is 0 Å². The van der Waals surface area contributed by atoms with E-state index in [4.69, 9.17) is 0 Å². The number of carbonyl (C=O) groups is 12. The molecule has 0 atom stereocenters. The molecule has 0 bridgehead atoms. The average molecular weight is 1770 g/mol. The Hall–Kier alpha value is -17.1. The third-order valence-corrected chi connectivity index (χ3v) is 23.0. The molecule has 3 aliphatic rings. The third kappa shape index (κ3) is 23.4. The minimum Gasteiger partial charge on any atom is -0.295 e. The van der Waals surface area contributed by atoms with E-state index in [9.17, 15) is 57.5 Å². The van der Waals surface area contributed by atoms with E-state index in [0.29, 0.717) is 61.5 Å². The van der Waals surface area contributed by atoms with Gasteiger partial charge >= 0.3 is 0 Å². The molecule has 135 heavy (non-hydrogen) atoms. The lowest BCUT2D eigenvalue weighted by Gasteiger charge is -2.06. The highest BCUT2D eigenvalue weighted by molar-refractivity contribution is 6.25. The summed E-state index contributed by atoms with van der Waals surface area (Å²) in [6.07, 6.45) is 3.51. The summed E-state index contributed by atoms with van der Waals surface area (Å²) in [5, 5.41) is 7.50. The second-order valence-electron chi connectivity index (χ2n) is 32.3. The SMILES string of the molecule is CC(=O)c1ccc2ccccc2c1.CC(=O)c1ccc2ccccc2n1.CC(=O)c1cccc(C(=O)c2ccccc2)c1.CC(=O)c1cccc2c1-c1ccccc1C2.CC(=O)c1cccc2c1-c1ccccc1C2=O.CC(=O)c1cccc2c1Cc1ccccc1-2.CC(=O)c1cccc2ccccc12.CC(=O)c1ccccc1C(=O)c1ccccc1.CC(=O)c1nccc2ccccc12. The summed E-state index contributed by atoms with van der Waals surface area (Å²) >= 11 is 0. The first kappa shape index (κ1) is 95.5. The predicted octanol–water partition coefficient (Wildman–Crippen LogP) is 27.2. The van der Waals surface area contributed by atoms with Gasteiger partial charge in [-0.3, -0.25) is 62.5 Å². The smallest absolute Gasteiger partial charge is 0.194 e. The Morgan fingerprint density at radius 2 is 0.644 bits per heavy atom. The van der Waals surface area contributed by atoms with E-state index in [-0.39, 0.29) is 69.4 Å². The van der Waals surface area contributed by atoms with Crippen LogP contribution in [0.25, 0.3) is 76.6 Å². The molecule has 0 spiro atoms. The first-order valence-electron chi connectivity index (χ1n) is 44.1. The van der Waals surface area contributed by atoms with Crippen LogP contribution in [0.3, 0.4) is 0 Å². The summed E-state index contributed by atoms with van der Waals surface area (Å²) in [4.78, 5) is 147. The zero-order valence-electron chi connectivity index (χ0n) is 76.2. The molecule has 16 aromatic carbocycles. The number of para-hydroxylation sites is 1. The maximum absolute atomic E-state index is 12.2. The zero-order chi connectivity index (χ0) is 95.8. The van der Waals surface area contributed by atoms with Crippen LogP contribution < -0.4 is 0 Å². The van der Waals surface area contributed by atoms with Crippen molar-refractivity contribution < 1.29 is 57.5 Å². The zero-order valence-corrected chi connectivity index (χ0v) is 76.2. The predicted molar refractivity (Wildman–Crippen MR) is 539 cm³/mol. The van der Waals surface area contributed by atoms with Gasteiger partial charge < -0.3 is 0 Å². The fraction of sp³-hybridized carbons (Fsp3) is 0.0909. The van der Waals surface area contributed by atoms with Crippen LogP contribution in [0.5, 0.6) is 0 Å². The highest BCUT2D eigenvalue weighted by atomic mass is 16.2. The van der Waals surface area contributed by atoms with Gasteiger partial charge in [0.25, 0.3) is 0 Å². The van der Waals surface area contributed by atoms with E-state index >= 15 is 0 Å². The van der Waals surface area contributed by atoms with E-state index in [0.717, 1.165) is 89.6 Å². The topological polar surface area (TPSA) is 231 Å². The maximum atomic E-state index is 12.2. The van der Waals surface area contributed by atoms with Crippen molar-refractivity contribution in [2.75, 3.05) is 0 Å². The van der Waals surface area contributed by atoms with Crippen molar-refractivity contribution in [3.05, 3.63) is 500 Å². The number of aromatic nitrogens is 2. The van der Waals surface area contributed by atoms with Crippen LogP contribution in [-0.4, -0.2) is 79.4 Å². The Kier molecular flexibility index (Phi) is 31.8. The van der Waals surface area contributed by atoms with E-state index in [2.05, 4.69) is 58.5 Å². The molecule has 0 amide bonds. The highest BCUT2D eigenvalue weighted by Gasteiger charge is 2.30. The van der Waals surface area contributed by atoms with Crippen molar-refractivity contribution in [2.45, 2.75) is 75.2 Å². The normalized spacial score (nSPS) is 10.8. The van der Waals surface area contributed by atoms with Crippen molar-refractivity contribution in [1.29, 1.82) is 0 Å². The molecule has 3 aliphatic carbocycles. The fourth-order valence-corrected chi connectivity index (χ4v) is 16.3. The standard InChI is InChI=1S/C15H10O2.2C15H12O2.2C15H12O.2C12H10O.2C11H9NO/c1-9(16)10-7-4-8-13-14(10)11-5-2-3-6-12(11)15(13)17;1-11(16)13-9-5-6-10-14(13)15(17)12-7-3-2-4-8-12;1-11(16)13-8-5-9-14(10-13)15(17)12-6-3-2-4-7-12;1-10(16)13-8-4-6-12-9-11-5-2-3-7-14(11)15(12)13;1-10(16)12-7-4-8-14-13-6-3-2-5-11(13)9-15(12)14;1-9(13)11-8-4-6-10-5-2-3-7-12(10)11;1-9(13)11-7-6-10-4-2-3-5-12(10)8-11;1-8(13)10-7-6-9-4-2-3-5-11(9)12-10;1-8(13)11-10-5-3-2-4-9(10)6-7-12-11/h2-8H,1H3;2*2-10H,1H3;2*2-8H,9H2,1H3;2*2-8H,1H3;2*2-7H,1H3. The van der Waals surface area contributed by atoms with Crippen LogP contribution in [-0.2, 0) is 12.8 Å². The van der Waals surface area contributed by atoms with Gasteiger partial charge in [0.1, 0.15) is 11.4 Å². The van der Waals surface area contributed by atoms with Gasteiger partial charge in [-0.2, -0.15) is 0 Å². The van der Waals surface area contributed by atoms with Gasteiger partial charge in [-0.1, -0.05) is 358 Å². The summed E-state index contributed by atoms with van der Waals surface area (Å²) in [7, 11) is 0. The van der Waals surface area contributed by atoms with Crippen molar-refractivity contribution >= 4 is 113 Å². The van der Waals surface area contributed by atoms with Crippen LogP contribution in [0.4, 0.5) is 0 Å². The van der Waals surface area contributed by atoms with Crippen molar-refractivity contribution in [2.24, 2.45) is 0 Å². The fourth-order valence-electron chi connectivity index (χ4n) is 16.3. The van der Waals surface area contributed by atoms with Crippen LogP contribution in [0.15, 0.2) is 394 Å². The summed E-state index contributed by atoms with van der Waals surface area (Å²) in [5.74, 6) is 0.260. The number of pyridine rings is 2. The molecule has 0 saturated carbocycles. The largest absolute Gasteiger partial charge is 0.295 e. The van der Waals surface area contributed by atoms with Gasteiger partial charge in [-0.25, -0.2) is 4.98 Å². The van der Waals surface area contributed by atoms with E-state index in [1.807, 2.05) is 243 Å². The minimum atomic E-state index is -0.114. The molecular weight excluding hydrogens is 1670 g/mol. The van der Waals surface area contributed by atoms with E-state index in [1.165, 1.54) is 78.9 Å². The molecule has 14 heteroatoms. The van der Waals surface area contributed by atoms with Gasteiger partial charge in [0, 0.05) is 109 Å². The summed E-state index contributed by atoms with van der Waals surface area (Å²) in [6, 6.07) is 122. The second-order valence-corrected chi connectivity index (χ2v) is 32.3. The van der Waals surface area contributed by atoms with E-state index in [1.54, 1.807) is 131 Å². The number of fused-ring (bicyclic) bond motifs is 13. The molecule has 0 radical (unpaired) electrons. The number of hydrogen-bond donors (Lipinski definition) is 0. The number of rotatable bonds is 13. The Morgan fingerprint density at radius 3 is 1.27 bits per heavy atom. The van der Waals surface area contributed by atoms with Gasteiger partial charge in [-0.05, 0) is 169 Å². The second kappa shape index (κ2) is 45.0. The number of hydrogen-bond acceptors (Lipinski definition) is 14. The van der Waals surface area contributed by atoms with Crippen LogP contribution in [0.1, 0.15) is 226 Å². The Labute approximate surface area is 784 Å². The molecule has 0 fully saturated rings. The molecule has 0 saturated heterocycles. The maximum Gasteiger partial charge on any atom is 0.194 e. The lowest BCUT2D eigenvalue weighted by Crippen LogP contribution is -2.07. The summed E-state index contributed by atoms with van der Waals surface area (Å²) < 4.78 is 0. The number of carbonyl (C=O) groups excluding carboxylic acids is 12. The number of Topliss-reactive ketones (excluding diaryl/α,β-unsaturated/α-hetero) is 9. The molecule has 2 heterocycles. The lowest BCUT2D eigenvalue weighted by molar-refractivity contribution is 0.0990. The van der Waals surface area contributed by atoms with Gasteiger partial charge in [0.15, 0.2) is 69.4 Å². The summed E-state index contributed by atoms with van der Waals surface area (Å²) in [5.41, 5.74) is 22.1. The highest BCUT2D eigenvalue weighted by Crippen LogP contribution is 2.42. The molecule has 662 valence electrons. The van der Waals surface area contributed by atoms with Gasteiger partial charge in [-0.15, -0.1) is 0 Å². The van der Waals surface area contributed by atoms with E-state index < -0.39 is 0 Å². The Balaban J connectivity index is 0.000000129. The van der Waals surface area contributed by atoms with Crippen LogP contribution >= 0.6 is 0 Å².